The Hall–Kier alpha value is -3.12. The van der Waals surface area contributed by atoms with Gasteiger partial charge in [0.2, 0.25) is 5.88 Å². The summed E-state index contributed by atoms with van der Waals surface area (Å²) in [7, 11) is 0. The molecule has 1 aromatic heterocycles. The average Bonchev–Trinajstić information content (AvgIpc) is 2.62. The number of aromatic nitrogens is 2. The Morgan fingerprint density at radius 1 is 1.00 bits per heavy atom. The lowest BCUT2D eigenvalue weighted by atomic mass is 9.90. The predicted octanol–water partition coefficient (Wildman–Crippen LogP) is 1.47. The smallest absolute Gasteiger partial charge is 0.335 e. The van der Waals surface area contributed by atoms with Crippen molar-refractivity contribution in [2.45, 2.75) is 12.5 Å². The molecule has 0 saturated carbocycles. The molecule has 0 spiro atoms. The molecule has 2 heterocycles. The van der Waals surface area contributed by atoms with Crippen molar-refractivity contribution in [2.24, 2.45) is 0 Å². The van der Waals surface area contributed by atoms with Crippen LogP contribution in [-0.4, -0.2) is 21.2 Å². The van der Waals surface area contributed by atoms with Gasteiger partial charge in [0.25, 0.3) is 5.56 Å². The van der Waals surface area contributed by atoms with Gasteiger partial charge in [0, 0.05) is 6.54 Å². The Morgan fingerprint density at radius 2 is 1.72 bits per heavy atom. The molecule has 0 radical (unpaired) electrons. The van der Waals surface area contributed by atoms with E-state index in [4.69, 9.17) is 0 Å². The Morgan fingerprint density at radius 3 is 2.52 bits per heavy atom. The van der Waals surface area contributed by atoms with Crippen LogP contribution in [0.5, 0.6) is 5.88 Å². The van der Waals surface area contributed by atoms with E-state index >= 15 is 0 Å². The molecular formula is C19H17N3O3. The summed E-state index contributed by atoms with van der Waals surface area (Å²) < 4.78 is 1.12. The molecule has 126 valence electrons. The van der Waals surface area contributed by atoms with Crippen LogP contribution in [-0.2, 0) is 6.42 Å². The first-order valence-electron chi connectivity index (χ1n) is 8.11. The van der Waals surface area contributed by atoms with E-state index in [9.17, 15) is 14.7 Å². The number of para-hydroxylation sites is 1. The van der Waals surface area contributed by atoms with Gasteiger partial charge in [-0.15, -0.1) is 0 Å². The van der Waals surface area contributed by atoms with E-state index < -0.39 is 17.3 Å². The van der Waals surface area contributed by atoms with Crippen LogP contribution in [0.2, 0.25) is 0 Å². The van der Waals surface area contributed by atoms with E-state index in [0.717, 1.165) is 22.1 Å². The molecule has 6 nitrogen and oxygen atoms in total. The lowest BCUT2D eigenvalue weighted by molar-refractivity contribution is 0.410. The van der Waals surface area contributed by atoms with Gasteiger partial charge in [-0.2, -0.15) is 0 Å². The van der Waals surface area contributed by atoms with E-state index in [-0.39, 0.29) is 11.4 Å². The molecular weight excluding hydrogens is 318 g/mol. The summed E-state index contributed by atoms with van der Waals surface area (Å²) in [5.41, 5.74) is 1.46. The molecule has 25 heavy (non-hydrogen) atoms. The molecule has 0 fully saturated rings. The van der Waals surface area contributed by atoms with Gasteiger partial charge in [-0.25, -0.2) is 9.36 Å². The Bertz CT molecular complexity index is 1040. The number of H-pyrrole nitrogens is 1. The maximum absolute atomic E-state index is 12.5. The second-order valence-corrected chi connectivity index (χ2v) is 6.00. The summed E-state index contributed by atoms with van der Waals surface area (Å²) in [6, 6.07) is 16.1. The van der Waals surface area contributed by atoms with E-state index in [2.05, 4.69) is 10.3 Å². The lowest BCUT2D eigenvalue weighted by Crippen LogP contribution is -2.38. The third kappa shape index (κ3) is 2.56. The molecule has 0 bridgehead atoms. The second-order valence-electron chi connectivity index (χ2n) is 6.00. The van der Waals surface area contributed by atoms with Crippen LogP contribution >= 0.6 is 0 Å². The zero-order valence-electron chi connectivity index (χ0n) is 13.4. The highest BCUT2D eigenvalue weighted by Crippen LogP contribution is 2.31. The number of nitrogens with one attached hydrogen (secondary N) is 2. The highest BCUT2D eigenvalue weighted by atomic mass is 16.3. The molecule has 0 amide bonds. The standard InChI is InChI=1S/C19H17N3O3/c23-17-15(16-14-9-5-4-6-12(14)10-11-20-16)18(24)22(19(25)21-17)13-7-2-1-3-8-13/h1-9,16,20,24H,10-11H2,(H,21,23,25)/t16-/m1/s1. The number of benzene rings is 2. The van der Waals surface area contributed by atoms with Crippen LogP contribution in [0.25, 0.3) is 5.69 Å². The molecule has 3 N–H and O–H groups in total. The van der Waals surface area contributed by atoms with Gasteiger partial charge in [-0.1, -0.05) is 42.5 Å². The van der Waals surface area contributed by atoms with Crippen molar-refractivity contribution in [2.75, 3.05) is 6.54 Å². The van der Waals surface area contributed by atoms with Gasteiger partial charge in [0.1, 0.15) is 0 Å². The van der Waals surface area contributed by atoms with Crippen molar-refractivity contribution in [3.63, 3.8) is 0 Å². The molecule has 0 saturated heterocycles. The number of nitrogens with zero attached hydrogens (tertiary/aromatic N) is 1. The first-order chi connectivity index (χ1) is 12.2. The third-order valence-corrected chi connectivity index (χ3v) is 4.53. The van der Waals surface area contributed by atoms with Crippen LogP contribution in [0.1, 0.15) is 22.7 Å². The average molecular weight is 335 g/mol. The van der Waals surface area contributed by atoms with Crippen molar-refractivity contribution in [1.82, 2.24) is 14.9 Å². The van der Waals surface area contributed by atoms with Gasteiger partial charge in [0.05, 0.1) is 17.3 Å². The molecule has 1 atom stereocenters. The molecule has 1 aliphatic rings. The first-order valence-corrected chi connectivity index (χ1v) is 8.11. The van der Waals surface area contributed by atoms with Crippen LogP contribution in [0.15, 0.2) is 64.2 Å². The third-order valence-electron chi connectivity index (χ3n) is 4.53. The van der Waals surface area contributed by atoms with Crippen LogP contribution < -0.4 is 16.6 Å². The zero-order valence-corrected chi connectivity index (χ0v) is 13.4. The van der Waals surface area contributed by atoms with Crippen molar-refractivity contribution >= 4 is 0 Å². The Balaban J connectivity index is 1.96. The minimum absolute atomic E-state index is 0.149. The monoisotopic (exact) mass is 335 g/mol. The minimum Gasteiger partial charge on any atom is -0.494 e. The number of aromatic hydroxyl groups is 1. The van der Waals surface area contributed by atoms with Gasteiger partial charge < -0.3 is 10.4 Å². The van der Waals surface area contributed by atoms with E-state index in [1.807, 2.05) is 30.3 Å². The van der Waals surface area contributed by atoms with Crippen LogP contribution in [0.3, 0.4) is 0 Å². The van der Waals surface area contributed by atoms with E-state index in [1.165, 1.54) is 0 Å². The SMILES string of the molecule is O=c1[nH]c(=O)n(-c2ccccc2)c(O)c1[C@@H]1NCCc2ccccc21. The highest BCUT2D eigenvalue weighted by Gasteiger charge is 2.28. The van der Waals surface area contributed by atoms with Crippen molar-refractivity contribution in [3.05, 3.63) is 92.1 Å². The summed E-state index contributed by atoms with van der Waals surface area (Å²) in [6.07, 6.45) is 0.851. The number of hydrogen-bond acceptors (Lipinski definition) is 4. The number of rotatable bonds is 2. The number of hydrogen-bond donors (Lipinski definition) is 3. The normalized spacial score (nSPS) is 16.4. The van der Waals surface area contributed by atoms with Gasteiger partial charge in [-0.05, 0) is 29.7 Å². The van der Waals surface area contributed by atoms with Crippen molar-refractivity contribution in [3.8, 4) is 11.6 Å². The minimum atomic E-state index is -0.665. The van der Waals surface area contributed by atoms with Crippen molar-refractivity contribution in [1.29, 1.82) is 0 Å². The molecule has 4 rings (SSSR count). The van der Waals surface area contributed by atoms with Crippen LogP contribution in [0.4, 0.5) is 0 Å². The highest BCUT2D eigenvalue weighted by molar-refractivity contribution is 5.45. The zero-order chi connectivity index (χ0) is 17.4. The molecule has 0 aliphatic carbocycles. The van der Waals surface area contributed by atoms with Gasteiger partial charge in [-0.3, -0.25) is 9.78 Å². The van der Waals surface area contributed by atoms with Gasteiger partial charge in [0.15, 0.2) is 0 Å². The molecule has 6 heteroatoms. The Labute approximate surface area is 143 Å². The topological polar surface area (TPSA) is 87.1 Å². The second kappa shape index (κ2) is 6.07. The van der Waals surface area contributed by atoms with Gasteiger partial charge >= 0.3 is 5.69 Å². The largest absolute Gasteiger partial charge is 0.494 e. The fourth-order valence-electron chi connectivity index (χ4n) is 3.38. The molecule has 1 aliphatic heterocycles. The summed E-state index contributed by atoms with van der Waals surface area (Å²) in [6.45, 7) is 0.686. The summed E-state index contributed by atoms with van der Waals surface area (Å²) in [5.74, 6) is -0.339. The predicted molar refractivity (Wildman–Crippen MR) is 94.3 cm³/mol. The maximum atomic E-state index is 12.5. The van der Waals surface area contributed by atoms with Crippen LogP contribution in [0, 0.1) is 0 Å². The summed E-state index contributed by atoms with van der Waals surface area (Å²) in [4.78, 5) is 27.1. The van der Waals surface area contributed by atoms with E-state index in [0.29, 0.717) is 12.2 Å². The fraction of sp³-hybridized carbons (Fsp3) is 0.158. The molecule has 3 aromatic rings. The number of aromatic amines is 1. The summed E-state index contributed by atoms with van der Waals surface area (Å²) >= 11 is 0. The lowest BCUT2D eigenvalue weighted by Gasteiger charge is -2.27. The quantitative estimate of drug-likeness (QED) is 0.662. The molecule has 0 unspecified atom stereocenters. The molecule has 2 aromatic carbocycles. The maximum Gasteiger partial charge on any atom is 0.335 e. The Kier molecular flexibility index (Phi) is 3.74. The summed E-state index contributed by atoms with van der Waals surface area (Å²) in [5, 5.41) is 14.1. The fourth-order valence-corrected chi connectivity index (χ4v) is 3.38. The first kappa shape index (κ1) is 15.4. The van der Waals surface area contributed by atoms with E-state index in [1.54, 1.807) is 24.3 Å². The number of fused-ring (bicyclic) bond motifs is 1. The van der Waals surface area contributed by atoms with Crippen molar-refractivity contribution < 1.29 is 5.11 Å².